The zero-order valence-electron chi connectivity index (χ0n) is 16.1. The van der Waals surface area contributed by atoms with Crippen molar-refractivity contribution in [2.75, 3.05) is 0 Å². The highest BCUT2D eigenvalue weighted by molar-refractivity contribution is 6.21. The van der Waals surface area contributed by atoms with E-state index in [9.17, 15) is 9.59 Å². The van der Waals surface area contributed by atoms with Crippen LogP contribution in [0.2, 0.25) is 0 Å². The standard InChI is InChI=1S/C23H32O2/c1-6-21(5)10-8-11-22(7-2)17-13-16-9-12-23(17,19(24)14(16)3)20(25)15(4)18(21)22/h16-18H,3-4,6-13H2,1-2,5H3/t16-,17?,18?,21+,22-,23-/m0/s1. The summed E-state index contributed by atoms with van der Waals surface area (Å²) < 4.78 is 0. The molecule has 0 N–H and O–H groups in total. The zero-order valence-corrected chi connectivity index (χ0v) is 16.1. The van der Waals surface area contributed by atoms with Gasteiger partial charge in [0, 0.05) is 0 Å². The lowest BCUT2D eigenvalue weighted by Crippen LogP contribution is -2.68. The lowest BCUT2D eigenvalue weighted by molar-refractivity contribution is -0.178. The van der Waals surface area contributed by atoms with Crippen LogP contribution in [-0.4, -0.2) is 11.6 Å². The molecule has 25 heavy (non-hydrogen) atoms. The van der Waals surface area contributed by atoms with Crippen LogP contribution >= 0.6 is 0 Å². The smallest absolute Gasteiger partial charge is 0.172 e. The Morgan fingerprint density at radius 1 is 1.00 bits per heavy atom. The van der Waals surface area contributed by atoms with E-state index in [-0.39, 0.29) is 34.2 Å². The van der Waals surface area contributed by atoms with E-state index < -0.39 is 5.41 Å². The summed E-state index contributed by atoms with van der Waals surface area (Å²) in [5.41, 5.74) is 0.884. The zero-order chi connectivity index (χ0) is 18.2. The van der Waals surface area contributed by atoms with Crippen molar-refractivity contribution in [2.45, 2.75) is 72.1 Å². The molecule has 0 saturated heterocycles. The molecule has 0 amide bonds. The van der Waals surface area contributed by atoms with Crippen molar-refractivity contribution in [1.82, 2.24) is 0 Å². The van der Waals surface area contributed by atoms with Crippen molar-refractivity contribution in [3.05, 3.63) is 24.3 Å². The molecular weight excluding hydrogens is 308 g/mol. The van der Waals surface area contributed by atoms with Crippen molar-refractivity contribution >= 4 is 11.6 Å². The second kappa shape index (κ2) is 5.18. The molecular formula is C23H32O2. The number of ketones is 2. The van der Waals surface area contributed by atoms with Gasteiger partial charge in [-0.1, -0.05) is 46.8 Å². The minimum absolute atomic E-state index is 0.0706. The second-order valence-corrected chi connectivity index (χ2v) is 9.58. The molecule has 1 spiro atoms. The summed E-state index contributed by atoms with van der Waals surface area (Å²) in [6.07, 6.45) is 8.34. The fourth-order valence-corrected chi connectivity index (χ4v) is 7.71. The van der Waals surface area contributed by atoms with E-state index in [4.69, 9.17) is 0 Å². The van der Waals surface area contributed by atoms with Crippen LogP contribution in [0.25, 0.3) is 0 Å². The topological polar surface area (TPSA) is 34.1 Å². The number of Topliss-reactive ketones (excluding diaryl/α,β-unsaturated/α-hetero) is 2. The summed E-state index contributed by atoms with van der Waals surface area (Å²) >= 11 is 0. The van der Waals surface area contributed by atoms with Crippen LogP contribution in [0.1, 0.15) is 72.1 Å². The molecule has 2 heteroatoms. The van der Waals surface area contributed by atoms with Crippen LogP contribution in [0.5, 0.6) is 0 Å². The van der Waals surface area contributed by atoms with E-state index in [1.54, 1.807) is 0 Å². The van der Waals surface area contributed by atoms with Gasteiger partial charge in [0.05, 0.1) is 5.41 Å². The molecule has 0 heterocycles. The summed E-state index contributed by atoms with van der Waals surface area (Å²) in [5, 5.41) is 0. The summed E-state index contributed by atoms with van der Waals surface area (Å²) in [6.45, 7) is 15.3. The lowest BCUT2D eigenvalue weighted by atomic mass is 9.34. The fourth-order valence-electron chi connectivity index (χ4n) is 7.71. The third-order valence-electron chi connectivity index (χ3n) is 9.06. The van der Waals surface area contributed by atoms with Crippen molar-refractivity contribution in [2.24, 2.45) is 34.0 Å². The predicted octanol–water partition coefficient (Wildman–Crippen LogP) is 5.28. The summed E-state index contributed by atoms with van der Waals surface area (Å²) in [5.74, 6) is 0.902. The average Bonchev–Trinajstić information content (AvgIpc) is 2.63. The van der Waals surface area contributed by atoms with Crippen LogP contribution in [0, 0.1) is 34.0 Å². The van der Waals surface area contributed by atoms with Crippen LogP contribution in [0.4, 0.5) is 0 Å². The van der Waals surface area contributed by atoms with E-state index in [0.717, 1.165) is 49.7 Å². The number of carbonyl (C=O) groups excluding carboxylic acids is 2. The van der Waals surface area contributed by atoms with Gasteiger partial charge in [0.1, 0.15) is 0 Å². The number of carbonyl (C=O) groups is 2. The van der Waals surface area contributed by atoms with Crippen LogP contribution < -0.4 is 0 Å². The number of rotatable bonds is 2. The normalized spacial score (nSPS) is 49.2. The Bertz CT molecular complexity index is 688. The Balaban J connectivity index is 1.94. The highest BCUT2D eigenvalue weighted by Crippen LogP contribution is 2.72. The Hall–Kier alpha value is -1.18. The van der Waals surface area contributed by atoms with Crippen molar-refractivity contribution in [3.8, 4) is 0 Å². The maximum absolute atomic E-state index is 13.6. The monoisotopic (exact) mass is 340 g/mol. The van der Waals surface area contributed by atoms with Crippen LogP contribution in [0.15, 0.2) is 24.3 Å². The average molecular weight is 341 g/mol. The van der Waals surface area contributed by atoms with Gasteiger partial charge in [-0.3, -0.25) is 9.59 Å². The molecule has 5 saturated carbocycles. The van der Waals surface area contributed by atoms with Crippen LogP contribution in [-0.2, 0) is 9.59 Å². The van der Waals surface area contributed by atoms with Crippen molar-refractivity contribution in [1.29, 1.82) is 0 Å². The second-order valence-electron chi connectivity index (χ2n) is 9.58. The summed E-state index contributed by atoms with van der Waals surface area (Å²) in [7, 11) is 0. The van der Waals surface area contributed by atoms with Gasteiger partial charge in [-0.15, -0.1) is 0 Å². The maximum atomic E-state index is 13.6. The van der Waals surface area contributed by atoms with E-state index in [2.05, 4.69) is 33.9 Å². The molecule has 0 radical (unpaired) electrons. The SMILES string of the molecule is C=C1C(=O)[C@@]23CC[C@@H](CC2[C@]2(CC)CCC[C@@](C)(CC)C12)C(=C)C3=O. The number of allylic oxidation sites excluding steroid dienone is 2. The Morgan fingerprint density at radius 3 is 2.32 bits per heavy atom. The lowest BCUT2D eigenvalue weighted by Gasteiger charge is -2.67. The van der Waals surface area contributed by atoms with E-state index in [0.29, 0.717) is 5.92 Å². The van der Waals surface area contributed by atoms with Gasteiger partial charge < -0.3 is 0 Å². The van der Waals surface area contributed by atoms with Gasteiger partial charge >= 0.3 is 0 Å². The van der Waals surface area contributed by atoms with E-state index in [1.165, 1.54) is 12.8 Å². The van der Waals surface area contributed by atoms with Gasteiger partial charge in [0.2, 0.25) is 0 Å². The van der Waals surface area contributed by atoms with Gasteiger partial charge in [0.15, 0.2) is 11.6 Å². The van der Waals surface area contributed by atoms with E-state index >= 15 is 0 Å². The molecule has 5 fully saturated rings. The molecule has 5 aliphatic rings. The molecule has 2 unspecified atom stereocenters. The quantitative estimate of drug-likeness (QED) is 0.506. The molecule has 5 aliphatic carbocycles. The number of hydrogen-bond donors (Lipinski definition) is 0. The first-order valence-corrected chi connectivity index (χ1v) is 10.3. The molecule has 2 bridgehead atoms. The minimum atomic E-state index is -0.818. The Kier molecular flexibility index (Phi) is 3.57. The Morgan fingerprint density at radius 2 is 1.68 bits per heavy atom. The Labute approximate surface area is 152 Å². The van der Waals surface area contributed by atoms with Crippen LogP contribution in [0.3, 0.4) is 0 Å². The summed E-state index contributed by atoms with van der Waals surface area (Å²) in [4.78, 5) is 26.9. The summed E-state index contributed by atoms with van der Waals surface area (Å²) in [6, 6.07) is 0. The maximum Gasteiger partial charge on any atom is 0.172 e. The van der Waals surface area contributed by atoms with E-state index in [1.807, 2.05) is 0 Å². The predicted molar refractivity (Wildman–Crippen MR) is 100 cm³/mol. The first-order valence-electron chi connectivity index (χ1n) is 10.3. The molecule has 0 aliphatic heterocycles. The molecule has 6 atom stereocenters. The van der Waals surface area contributed by atoms with Crippen molar-refractivity contribution in [3.63, 3.8) is 0 Å². The first kappa shape index (κ1) is 17.2. The highest BCUT2D eigenvalue weighted by Gasteiger charge is 2.71. The van der Waals surface area contributed by atoms with Gasteiger partial charge in [-0.05, 0) is 78.3 Å². The number of hydrogen-bond acceptors (Lipinski definition) is 2. The molecule has 5 rings (SSSR count). The molecule has 2 nitrogen and oxygen atoms in total. The largest absolute Gasteiger partial charge is 0.293 e. The van der Waals surface area contributed by atoms with Gasteiger partial charge in [0.25, 0.3) is 0 Å². The van der Waals surface area contributed by atoms with Gasteiger partial charge in [-0.2, -0.15) is 0 Å². The first-order chi connectivity index (χ1) is 11.8. The third kappa shape index (κ3) is 1.77. The molecule has 136 valence electrons. The van der Waals surface area contributed by atoms with Crippen molar-refractivity contribution < 1.29 is 9.59 Å². The van der Waals surface area contributed by atoms with Gasteiger partial charge in [-0.25, -0.2) is 0 Å². The third-order valence-corrected chi connectivity index (χ3v) is 9.06. The number of fused-ring (bicyclic) bond motifs is 3. The molecule has 0 aromatic heterocycles. The minimum Gasteiger partial charge on any atom is -0.293 e. The molecule has 0 aromatic carbocycles. The molecule has 0 aromatic rings. The fraction of sp³-hybridized carbons (Fsp3) is 0.739. The highest BCUT2D eigenvalue weighted by atomic mass is 16.2.